The van der Waals surface area contributed by atoms with Gasteiger partial charge in [0.15, 0.2) is 0 Å². The van der Waals surface area contributed by atoms with Crippen molar-refractivity contribution >= 4 is 5.91 Å². The summed E-state index contributed by atoms with van der Waals surface area (Å²) < 4.78 is 5.41. The molecule has 5 nitrogen and oxygen atoms in total. The van der Waals surface area contributed by atoms with Crippen LogP contribution in [0, 0.1) is 0 Å². The number of carbonyl (C=O) groups excluding carboxylic acids is 1. The Bertz CT molecular complexity index is 271. The van der Waals surface area contributed by atoms with Gasteiger partial charge in [-0.25, -0.2) is 0 Å². The maximum atomic E-state index is 11.8. The quantitative estimate of drug-likeness (QED) is 0.769. The van der Waals surface area contributed by atoms with Crippen molar-refractivity contribution in [1.82, 2.24) is 9.80 Å². The van der Waals surface area contributed by atoms with Gasteiger partial charge in [-0.2, -0.15) is 0 Å². The van der Waals surface area contributed by atoms with Crippen LogP contribution >= 0.6 is 0 Å². The first-order valence-electron chi connectivity index (χ1n) is 6.68. The summed E-state index contributed by atoms with van der Waals surface area (Å²) in [5.41, 5.74) is 5.84. The van der Waals surface area contributed by atoms with Gasteiger partial charge in [-0.3, -0.25) is 9.69 Å². The zero-order valence-corrected chi connectivity index (χ0v) is 12.1. The highest BCUT2D eigenvalue weighted by Crippen LogP contribution is 2.22. The van der Waals surface area contributed by atoms with Crippen molar-refractivity contribution in [3.05, 3.63) is 0 Å². The molecule has 3 atom stereocenters. The number of methoxy groups -OCH3 is 1. The van der Waals surface area contributed by atoms with Gasteiger partial charge in [0.25, 0.3) is 0 Å². The summed E-state index contributed by atoms with van der Waals surface area (Å²) in [4.78, 5) is 15.8. The molecule has 0 bridgehead atoms. The van der Waals surface area contributed by atoms with Crippen LogP contribution in [0.1, 0.15) is 26.2 Å². The number of ether oxygens (including phenoxy) is 1. The van der Waals surface area contributed by atoms with Gasteiger partial charge >= 0.3 is 0 Å². The molecule has 1 fully saturated rings. The topological polar surface area (TPSA) is 58.8 Å². The van der Waals surface area contributed by atoms with Crippen molar-refractivity contribution in [2.75, 3.05) is 34.3 Å². The number of hydrogen-bond donors (Lipinski definition) is 1. The minimum atomic E-state index is 0.145. The van der Waals surface area contributed by atoms with E-state index >= 15 is 0 Å². The van der Waals surface area contributed by atoms with Crippen LogP contribution in [0.2, 0.25) is 0 Å². The average molecular weight is 257 g/mol. The second kappa shape index (κ2) is 7.07. The van der Waals surface area contributed by atoms with Crippen LogP contribution in [-0.2, 0) is 9.53 Å². The molecule has 1 saturated heterocycles. The molecule has 0 spiro atoms. The molecule has 1 rings (SSSR count). The van der Waals surface area contributed by atoms with Crippen molar-refractivity contribution in [3.8, 4) is 0 Å². The minimum Gasteiger partial charge on any atom is -0.381 e. The minimum absolute atomic E-state index is 0.145. The monoisotopic (exact) mass is 257 g/mol. The second-order valence-electron chi connectivity index (χ2n) is 5.35. The standard InChI is InChI=1S/C13H27N3O2/c1-10-7-12(18-4)5-6-16(10)11(9-14)8-13(17)15(2)3/h10-12H,5-9,14H2,1-4H3. The first-order valence-corrected chi connectivity index (χ1v) is 6.68. The fraction of sp³-hybridized carbons (Fsp3) is 0.923. The summed E-state index contributed by atoms with van der Waals surface area (Å²) in [6, 6.07) is 0.569. The Labute approximate surface area is 110 Å². The van der Waals surface area contributed by atoms with E-state index in [0.717, 1.165) is 19.4 Å². The molecule has 1 amide bonds. The highest BCUT2D eigenvalue weighted by Gasteiger charge is 2.31. The number of nitrogens with two attached hydrogens (primary N) is 1. The van der Waals surface area contributed by atoms with E-state index in [2.05, 4.69) is 11.8 Å². The number of carbonyl (C=O) groups is 1. The predicted molar refractivity (Wildman–Crippen MR) is 72.4 cm³/mol. The molecule has 0 radical (unpaired) electrons. The van der Waals surface area contributed by atoms with E-state index < -0.39 is 0 Å². The van der Waals surface area contributed by atoms with Crippen LogP contribution in [0.5, 0.6) is 0 Å². The predicted octanol–water partition coefficient (Wildman–Crippen LogP) is 0.291. The van der Waals surface area contributed by atoms with Crippen LogP contribution in [0.4, 0.5) is 0 Å². The average Bonchev–Trinajstić information content (AvgIpc) is 2.35. The van der Waals surface area contributed by atoms with Crippen molar-refractivity contribution < 1.29 is 9.53 Å². The molecule has 0 aromatic rings. The Kier molecular flexibility index (Phi) is 6.05. The number of piperidine rings is 1. The molecule has 1 aliphatic heterocycles. The molecule has 1 heterocycles. The Morgan fingerprint density at radius 1 is 1.56 bits per heavy atom. The first-order chi connectivity index (χ1) is 8.49. The van der Waals surface area contributed by atoms with Crippen LogP contribution in [0.3, 0.4) is 0 Å². The molecule has 3 unspecified atom stereocenters. The lowest BCUT2D eigenvalue weighted by Crippen LogP contribution is -2.52. The van der Waals surface area contributed by atoms with E-state index in [4.69, 9.17) is 10.5 Å². The van der Waals surface area contributed by atoms with Gasteiger partial charge in [0.05, 0.1) is 6.10 Å². The number of nitrogens with zero attached hydrogens (tertiary/aromatic N) is 2. The smallest absolute Gasteiger partial charge is 0.223 e. The van der Waals surface area contributed by atoms with E-state index in [1.807, 2.05) is 0 Å². The lowest BCUT2D eigenvalue weighted by atomic mass is 9.97. The molecule has 0 aromatic heterocycles. The Hall–Kier alpha value is -0.650. The van der Waals surface area contributed by atoms with Crippen LogP contribution < -0.4 is 5.73 Å². The summed E-state index contributed by atoms with van der Waals surface area (Å²) in [5, 5.41) is 0. The molecule has 0 aliphatic carbocycles. The van der Waals surface area contributed by atoms with Gasteiger partial charge in [0.2, 0.25) is 5.91 Å². The molecule has 2 N–H and O–H groups in total. The fourth-order valence-corrected chi connectivity index (χ4v) is 2.62. The normalized spacial score (nSPS) is 26.9. The van der Waals surface area contributed by atoms with E-state index in [0.29, 0.717) is 25.1 Å². The summed E-state index contributed by atoms with van der Waals surface area (Å²) in [5.74, 6) is 0.145. The zero-order valence-electron chi connectivity index (χ0n) is 12.1. The van der Waals surface area contributed by atoms with Gasteiger partial charge in [-0.05, 0) is 19.8 Å². The van der Waals surface area contributed by atoms with Gasteiger partial charge in [-0.15, -0.1) is 0 Å². The van der Waals surface area contributed by atoms with Gasteiger partial charge in [-0.1, -0.05) is 0 Å². The van der Waals surface area contributed by atoms with E-state index in [9.17, 15) is 4.79 Å². The number of amides is 1. The second-order valence-corrected chi connectivity index (χ2v) is 5.35. The Balaban J connectivity index is 2.57. The van der Waals surface area contributed by atoms with Gasteiger partial charge in [0.1, 0.15) is 0 Å². The molecule has 106 valence electrons. The zero-order chi connectivity index (χ0) is 13.7. The molecular formula is C13H27N3O2. The summed E-state index contributed by atoms with van der Waals surface area (Å²) >= 11 is 0. The maximum Gasteiger partial charge on any atom is 0.223 e. The van der Waals surface area contributed by atoms with Crippen molar-refractivity contribution in [3.63, 3.8) is 0 Å². The lowest BCUT2D eigenvalue weighted by molar-refractivity contribution is -0.130. The summed E-state index contributed by atoms with van der Waals surface area (Å²) in [6.45, 7) is 3.68. The number of hydrogen-bond acceptors (Lipinski definition) is 4. The van der Waals surface area contributed by atoms with Crippen LogP contribution in [0.25, 0.3) is 0 Å². The molecule has 5 heteroatoms. The third kappa shape index (κ3) is 3.93. The number of likely N-dealkylation sites (tertiary alicyclic amines) is 1. The van der Waals surface area contributed by atoms with E-state index in [1.165, 1.54) is 0 Å². The third-order valence-corrected chi connectivity index (χ3v) is 3.86. The molecule has 1 aliphatic rings. The largest absolute Gasteiger partial charge is 0.381 e. The molecular weight excluding hydrogens is 230 g/mol. The molecule has 0 aromatic carbocycles. The summed E-state index contributed by atoms with van der Waals surface area (Å²) in [7, 11) is 5.34. The first kappa shape index (κ1) is 15.4. The van der Waals surface area contributed by atoms with Gasteiger partial charge in [0, 0.05) is 52.8 Å². The number of rotatable bonds is 5. The summed E-state index contributed by atoms with van der Waals surface area (Å²) in [6.07, 6.45) is 2.89. The lowest BCUT2D eigenvalue weighted by Gasteiger charge is -2.41. The Morgan fingerprint density at radius 2 is 2.22 bits per heavy atom. The van der Waals surface area contributed by atoms with Crippen molar-refractivity contribution in [2.24, 2.45) is 5.73 Å². The maximum absolute atomic E-state index is 11.8. The van der Waals surface area contributed by atoms with E-state index in [1.54, 1.807) is 26.1 Å². The Morgan fingerprint density at radius 3 is 2.67 bits per heavy atom. The van der Waals surface area contributed by atoms with Crippen molar-refractivity contribution in [1.29, 1.82) is 0 Å². The van der Waals surface area contributed by atoms with Gasteiger partial charge < -0.3 is 15.4 Å². The van der Waals surface area contributed by atoms with E-state index in [-0.39, 0.29) is 11.9 Å². The SMILES string of the molecule is COC1CCN(C(CN)CC(=O)N(C)C)C(C)C1. The highest BCUT2D eigenvalue weighted by atomic mass is 16.5. The molecule has 18 heavy (non-hydrogen) atoms. The van der Waals surface area contributed by atoms with Crippen LogP contribution in [-0.4, -0.2) is 68.2 Å². The highest BCUT2D eigenvalue weighted by molar-refractivity contribution is 5.76. The van der Waals surface area contributed by atoms with Crippen LogP contribution in [0.15, 0.2) is 0 Å². The molecule has 0 saturated carbocycles. The third-order valence-electron chi connectivity index (χ3n) is 3.86. The van der Waals surface area contributed by atoms with Crippen molar-refractivity contribution in [2.45, 2.75) is 44.4 Å². The fourth-order valence-electron chi connectivity index (χ4n) is 2.62.